The van der Waals surface area contributed by atoms with Gasteiger partial charge in [0.1, 0.15) is 0 Å². The molecule has 0 nitrogen and oxygen atoms in total. The lowest BCUT2D eigenvalue weighted by atomic mass is 8.75. The Morgan fingerprint density at radius 3 is 0.897 bits per heavy atom. The summed E-state index contributed by atoms with van der Waals surface area (Å²) < 4.78 is 0.911. The first-order valence-electron chi connectivity index (χ1n) is 18.0. The van der Waals surface area contributed by atoms with Gasteiger partial charge in [-0.1, -0.05) is 52.9 Å². The molecule has 25 rings (SSSR count). The van der Waals surface area contributed by atoms with Gasteiger partial charge in [0, 0.05) is 8.84 Å². The minimum absolute atomic E-state index is 0.743. The van der Waals surface area contributed by atoms with Gasteiger partial charge in [0.15, 0.2) is 0 Å². The summed E-state index contributed by atoms with van der Waals surface area (Å²) in [6.45, 7) is 0. The standard InChI is InChI=1S/C38H29I/c39-38-28-25-29(38)27-30(38)26(28)37(25,27)36-22-19-23(36)21-24(36)20(22)35(19,21)34-16-13-17(34)15-18(34)14(16)33(13,15)32-10-7-11(32)9-12(32)8(10)31(7,9)6-4-2-1-3-5-6/h1-5,7-30H. The molecule has 0 bridgehead atoms. The van der Waals surface area contributed by atoms with Crippen molar-refractivity contribution in [2.75, 3.05) is 0 Å². The summed E-state index contributed by atoms with van der Waals surface area (Å²) in [4.78, 5) is 0. The zero-order chi connectivity index (χ0) is 23.0. The Morgan fingerprint density at radius 2 is 0.590 bits per heavy atom. The van der Waals surface area contributed by atoms with E-state index in [1.54, 1.807) is 5.56 Å². The SMILES string of the molecule is IC12C3C4C1C1C2C3C41C12C3C4C1C1C2C3C41C12C3C4C1C1C2C3C41C12C3C4C1C1C2C3C41c1ccccc1. The van der Waals surface area contributed by atoms with E-state index in [2.05, 4.69) is 52.9 Å². The fourth-order valence-electron chi connectivity index (χ4n) is 28.5. The average Bonchev–Trinajstić information content (AvgIpc) is 3.01. The molecule has 0 heterocycles. The fourth-order valence-corrected chi connectivity index (χ4v) is 30.8. The van der Waals surface area contributed by atoms with Crippen LogP contribution in [0.1, 0.15) is 5.56 Å². The largest absolute Gasteiger partial charge is 0.0779 e. The molecule has 1 aromatic carbocycles. The van der Waals surface area contributed by atoms with E-state index in [0.717, 1.165) is 41.3 Å². The number of benzene rings is 1. The maximum Gasteiger partial charge on any atom is 0.0324 e. The van der Waals surface area contributed by atoms with E-state index in [1.165, 1.54) is 142 Å². The predicted molar refractivity (Wildman–Crippen MR) is 143 cm³/mol. The van der Waals surface area contributed by atoms with Crippen molar-refractivity contribution < 1.29 is 0 Å². The molecule has 24 saturated carbocycles. The van der Waals surface area contributed by atoms with Gasteiger partial charge in [-0.05, 0) is 180 Å². The van der Waals surface area contributed by atoms with Crippen molar-refractivity contribution in [3.63, 3.8) is 0 Å². The van der Waals surface area contributed by atoms with Crippen molar-refractivity contribution in [3.8, 4) is 0 Å². The van der Waals surface area contributed by atoms with Gasteiger partial charge in [-0.25, -0.2) is 0 Å². The molecular formula is C38H29I. The smallest absolute Gasteiger partial charge is 0.0324 e. The molecule has 24 aliphatic rings. The third-order valence-corrected chi connectivity index (χ3v) is 28.1. The fraction of sp³-hybridized carbons (Fsp3) is 0.842. The molecule has 1 aromatic rings. The Bertz CT molecular complexity index is 1710. The van der Waals surface area contributed by atoms with Gasteiger partial charge in [-0.15, -0.1) is 0 Å². The second kappa shape index (κ2) is 3.16. The van der Waals surface area contributed by atoms with Crippen LogP contribution in [0, 0.1) is 175 Å². The second-order valence-electron chi connectivity index (χ2n) is 21.3. The monoisotopic (exact) mass is 612 g/mol. The zero-order valence-electron chi connectivity index (χ0n) is 21.6. The lowest BCUT2D eigenvalue weighted by Crippen LogP contribution is -3.27. The first-order chi connectivity index (χ1) is 19.3. The van der Waals surface area contributed by atoms with Crippen LogP contribution in [-0.2, 0) is 5.41 Å². The van der Waals surface area contributed by atoms with E-state index in [0.29, 0.717) is 0 Å². The molecule has 0 saturated heterocycles. The molecule has 0 aliphatic heterocycles. The Morgan fingerprint density at radius 1 is 0.333 bits per heavy atom. The normalized spacial score (nSPS) is 107. The van der Waals surface area contributed by atoms with Crippen LogP contribution in [0.5, 0.6) is 0 Å². The molecule has 0 unspecified atom stereocenters. The highest BCUT2D eigenvalue weighted by molar-refractivity contribution is 14.1. The Balaban J connectivity index is 0.661. The Kier molecular flexibility index (Phi) is 1.31. The summed E-state index contributed by atoms with van der Waals surface area (Å²) in [5.41, 5.74) is 8.76. The molecule has 0 radical (unpaired) electrons. The molecule has 188 valence electrons. The van der Waals surface area contributed by atoms with Crippen LogP contribution >= 0.6 is 22.6 Å². The topological polar surface area (TPSA) is 0 Å². The van der Waals surface area contributed by atoms with Gasteiger partial charge in [-0.2, -0.15) is 0 Å². The van der Waals surface area contributed by atoms with Crippen molar-refractivity contribution >= 4 is 22.6 Å². The van der Waals surface area contributed by atoms with E-state index in [9.17, 15) is 0 Å². The second-order valence-corrected chi connectivity index (χ2v) is 23.2. The van der Waals surface area contributed by atoms with Crippen LogP contribution in [-0.4, -0.2) is 3.42 Å². The predicted octanol–water partition coefficient (Wildman–Crippen LogP) is 5.08. The molecular weight excluding hydrogens is 583 g/mol. The van der Waals surface area contributed by atoms with E-state index >= 15 is 0 Å². The van der Waals surface area contributed by atoms with Gasteiger partial charge >= 0.3 is 0 Å². The summed E-state index contributed by atoms with van der Waals surface area (Å²) in [7, 11) is 0. The molecule has 24 aliphatic carbocycles. The highest BCUT2D eigenvalue weighted by Gasteiger charge is 3.27. The van der Waals surface area contributed by atoms with Crippen LogP contribution in [0.3, 0.4) is 0 Å². The Labute approximate surface area is 240 Å². The van der Waals surface area contributed by atoms with Crippen molar-refractivity contribution in [3.05, 3.63) is 35.9 Å². The van der Waals surface area contributed by atoms with Gasteiger partial charge < -0.3 is 0 Å². The molecule has 0 amide bonds. The van der Waals surface area contributed by atoms with E-state index < -0.39 is 0 Å². The lowest BCUT2D eigenvalue weighted by molar-refractivity contribution is -0.826. The zero-order valence-corrected chi connectivity index (χ0v) is 23.8. The van der Waals surface area contributed by atoms with Gasteiger partial charge in [0.25, 0.3) is 0 Å². The molecule has 24 fully saturated rings. The number of halogens is 1. The molecule has 0 aromatic heterocycles. The van der Waals surface area contributed by atoms with Gasteiger partial charge in [0.05, 0.1) is 0 Å². The molecule has 39 heavy (non-hydrogen) atoms. The number of alkyl halides is 1. The lowest BCUT2D eigenvalue weighted by Gasteiger charge is -3.29. The highest BCUT2D eigenvalue weighted by Crippen LogP contribution is 3.29. The van der Waals surface area contributed by atoms with Gasteiger partial charge in [0.2, 0.25) is 0 Å². The molecule has 0 spiro atoms. The number of hydrogen-bond acceptors (Lipinski definition) is 0. The molecule has 0 atom stereocenters. The number of rotatable bonds is 4. The summed E-state index contributed by atoms with van der Waals surface area (Å²) in [6, 6.07) is 12.0. The van der Waals surface area contributed by atoms with Crippen molar-refractivity contribution in [1.29, 1.82) is 0 Å². The average molecular weight is 613 g/mol. The first-order valence-corrected chi connectivity index (χ1v) is 19.1. The van der Waals surface area contributed by atoms with Crippen LogP contribution in [0.25, 0.3) is 0 Å². The third-order valence-electron chi connectivity index (χ3n) is 25.9. The summed E-state index contributed by atoms with van der Waals surface area (Å²) in [5.74, 6) is 31.1. The summed E-state index contributed by atoms with van der Waals surface area (Å²) >= 11 is 2.98. The molecule has 1 heteroatoms. The van der Waals surface area contributed by atoms with Gasteiger partial charge in [-0.3, -0.25) is 0 Å². The minimum atomic E-state index is 0.743. The molecule has 0 N–H and O–H groups in total. The van der Waals surface area contributed by atoms with Crippen molar-refractivity contribution in [2.45, 2.75) is 8.84 Å². The van der Waals surface area contributed by atoms with Crippen molar-refractivity contribution in [2.24, 2.45) is 175 Å². The highest BCUT2D eigenvalue weighted by atomic mass is 127. The Hall–Kier alpha value is -0.0500. The first kappa shape index (κ1) is 16.1. The maximum absolute atomic E-state index is 2.98. The number of hydrogen-bond donors (Lipinski definition) is 0. The summed E-state index contributed by atoms with van der Waals surface area (Å²) in [5, 5.41) is 0. The third kappa shape index (κ3) is 0.621. The minimum Gasteiger partial charge on any atom is -0.0779 e. The van der Waals surface area contributed by atoms with Crippen LogP contribution in [0.2, 0.25) is 0 Å². The van der Waals surface area contributed by atoms with E-state index in [4.69, 9.17) is 0 Å². The van der Waals surface area contributed by atoms with E-state index in [-0.39, 0.29) is 0 Å². The van der Waals surface area contributed by atoms with E-state index in [1.807, 2.05) is 0 Å². The quantitative estimate of drug-likeness (QED) is 0.329. The maximum atomic E-state index is 2.98. The van der Waals surface area contributed by atoms with Crippen LogP contribution in [0.4, 0.5) is 0 Å². The summed E-state index contributed by atoms with van der Waals surface area (Å²) in [6.07, 6.45) is 0. The van der Waals surface area contributed by atoms with Crippen LogP contribution < -0.4 is 0 Å². The van der Waals surface area contributed by atoms with Crippen LogP contribution in [0.15, 0.2) is 30.3 Å². The van der Waals surface area contributed by atoms with Crippen molar-refractivity contribution in [1.82, 2.24) is 0 Å².